The third kappa shape index (κ3) is 7.20. The number of halogens is 2. The summed E-state index contributed by atoms with van der Waals surface area (Å²) in [7, 11) is -2.86. The predicted molar refractivity (Wildman–Crippen MR) is 137 cm³/mol. The van der Waals surface area contributed by atoms with Gasteiger partial charge in [-0.3, -0.25) is 9.10 Å². The van der Waals surface area contributed by atoms with Gasteiger partial charge in [-0.15, -0.1) is 0 Å². The molecular formula is C24H21Cl2N3O6S. The summed E-state index contributed by atoms with van der Waals surface area (Å²) in [5, 5.41) is 4.26. The second-order valence-electron chi connectivity index (χ2n) is 7.15. The lowest BCUT2D eigenvalue weighted by atomic mass is 10.2. The van der Waals surface area contributed by atoms with Gasteiger partial charge in [-0.2, -0.15) is 5.10 Å². The summed E-state index contributed by atoms with van der Waals surface area (Å²) in [5.41, 5.74) is 3.03. The number of carbonyl (C=O) groups excluding carboxylic acids is 2. The van der Waals surface area contributed by atoms with Gasteiger partial charge in [0.2, 0.25) is 0 Å². The normalized spacial score (nSPS) is 11.2. The number of ether oxygens (including phenoxy) is 2. The molecule has 9 nitrogen and oxygen atoms in total. The van der Waals surface area contributed by atoms with E-state index in [4.69, 9.17) is 27.9 Å². The minimum absolute atomic E-state index is 0.00357. The van der Waals surface area contributed by atoms with Crippen LogP contribution in [0.2, 0.25) is 10.0 Å². The summed E-state index contributed by atoms with van der Waals surface area (Å²) in [6, 6.07) is 18.5. The van der Waals surface area contributed by atoms with E-state index in [0.717, 1.165) is 4.31 Å². The molecular weight excluding hydrogens is 529 g/mol. The van der Waals surface area contributed by atoms with Crippen LogP contribution in [0.4, 0.5) is 5.69 Å². The number of anilines is 1. The Kier molecular flexibility index (Phi) is 9.29. The van der Waals surface area contributed by atoms with E-state index in [2.05, 4.69) is 15.3 Å². The van der Waals surface area contributed by atoms with Crippen molar-refractivity contribution in [2.75, 3.05) is 24.6 Å². The quantitative estimate of drug-likeness (QED) is 0.233. The lowest BCUT2D eigenvalue weighted by Crippen LogP contribution is -2.39. The molecule has 0 aliphatic rings. The molecule has 0 saturated heterocycles. The highest BCUT2D eigenvalue weighted by atomic mass is 35.5. The predicted octanol–water partition coefficient (Wildman–Crippen LogP) is 3.89. The van der Waals surface area contributed by atoms with Crippen LogP contribution in [-0.4, -0.2) is 46.8 Å². The fourth-order valence-electron chi connectivity index (χ4n) is 2.91. The Labute approximate surface area is 218 Å². The summed E-state index contributed by atoms with van der Waals surface area (Å²) >= 11 is 12.1. The van der Waals surface area contributed by atoms with Gasteiger partial charge < -0.3 is 9.47 Å². The van der Waals surface area contributed by atoms with Gasteiger partial charge in [0, 0.05) is 0 Å². The average Bonchev–Trinajstić information content (AvgIpc) is 2.88. The molecule has 0 aliphatic carbocycles. The molecule has 0 unspecified atom stereocenters. The van der Waals surface area contributed by atoms with Crippen LogP contribution in [0.1, 0.15) is 5.56 Å². The van der Waals surface area contributed by atoms with Crippen LogP contribution < -0.4 is 14.5 Å². The second kappa shape index (κ2) is 12.4. The standard InChI is InChI=1S/C24H21Cl2N3O6S/c1-34-24(31)16-35-19-7-5-6-17(12-19)14-27-28-23(30)15-29(18-10-11-21(25)22(26)13-18)36(32,33)20-8-3-2-4-9-20/h2-14H,15-16H2,1H3,(H,28,30)/b27-14-. The number of nitrogens with one attached hydrogen (secondary N) is 1. The first kappa shape index (κ1) is 27.0. The lowest BCUT2D eigenvalue weighted by molar-refractivity contribution is -0.142. The summed E-state index contributed by atoms with van der Waals surface area (Å²) < 4.78 is 37.4. The fraction of sp³-hybridized carbons (Fsp3) is 0.125. The molecule has 1 amide bonds. The van der Waals surface area contributed by atoms with Crippen molar-refractivity contribution in [2.45, 2.75) is 4.90 Å². The van der Waals surface area contributed by atoms with Gasteiger partial charge in [0.1, 0.15) is 12.3 Å². The third-order valence-corrected chi connectivity index (χ3v) is 7.18. The largest absolute Gasteiger partial charge is 0.482 e. The molecule has 188 valence electrons. The highest BCUT2D eigenvalue weighted by molar-refractivity contribution is 7.92. The maximum Gasteiger partial charge on any atom is 0.343 e. The number of carbonyl (C=O) groups is 2. The Balaban J connectivity index is 1.76. The van der Waals surface area contributed by atoms with Crippen molar-refractivity contribution in [3.8, 4) is 5.75 Å². The Morgan fingerprint density at radius 1 is 1.00 bits per heavy atom. The highest BCUT2D eigenvalue weighted by Crippen LogP contribution is 2.30. The Morgan fingerprint density at radius 2 is 1.75 bits per heavy atom. The van der Waals surface area contributed by atoms with Gasteiger partial charge >= 0.3 is 5.97 Å². The minimum atomic E-state index is -4.11. The van der Waals surface area contributed by atoms with Crippen molar-refractivity contribution in [1.82, 2.24) is 5.43 Å². The van der Waals surface area contributed by atoms with Crippen LogP contribution in [0.5, 0.6) is 5.75 Å². The van der Waals surface area contributed by atoms with Crippen LogP contribution in [0.15, 0.2) is 82.8 Å². The zero-order chi connectivity index (χ0) is 26.1. The van der Waals surface area contributed by atoms with Crippen molar-refractivity contribution >= 4 is 57.0 Å². The zero-order valence-electron chi connectivity index (χ0n) is 18.9. The number of methoxy groups -OCH3 is 1. The Hall–Kier alpha value is -3.60. The molecule has 0 radical (unpaired) electrons. The molecule has 0 fully saturated rings. The molecule has 3 rings (SSSR count). The molecule has 12 heteroatoms. The summed E-state index contributed by atoms with van der Waals surface area (Å²) in [6.07, 6.45) is 1.35. The number of nitrogens with zero attached hydrogens (tertiary/aromatic N) is 2. The first-order chi connectivity index (χ1) is 17.2. The average molecular weight is 550 g/mol. The topological polar surface area (TPSA) is 114 Å². The number of hydrogen-bond donors (Lipinski definition) is 1. The fourth-order valence-corrected chi connectivity index (χ4v) is 4.63. The minimum Gasteiger partial charge on any atom is -0.482 e. The van der Waals surface area contributed by atoms with E-state index in [1.807, 2.05) is 0 Å². The number of hydrogen-bond acceptors (Lipinski definition) is 7. The molecule has 1 N–H and O–H groups in total. The van der Waals surface area contributed by atoms with Gasteiger partial charge in [-0.25, -0.2) is 18.6 Å². The van der Waals surface area contributed by atoms with E-state index >= 15 is 0 Å². The molecule has 36 heavy (non-hydrogen) atoms. The second-order valence-corrected chi connectivity index (χ2v) is 9.83. The summed E-state index contributed by atoms with van der Waals surface area (Å²) in [4.78, 5) is 23.9. The van der Waals surface area contributed by atoms with Gasteiger partial charge in [-0.1, -0.05) is 53.5 Å². The molecule has 0 heterocycles. The van der Waals surface area contributed by atoms with E-state index in [0.29, 0.717) is 11.3 Å². The smallest absolute Gasteiger partial charge is 0.343 e. The van der Waals surface area contributed by atoms with Crippen LogP contribution in [0.3, 0.4) is 0 Å². The van der Waals surface area contributed by atoms with Crippen LogP contribution in [0, 0.1) is 0 Å². The number of hydrazone groups is 1. The SMILES string of the molecule is COC(=O)COc1cccc(/C=N\NC(=O)CN(c2ccc(Cl)c(Cl)c2)S(=O)(=O)c2ccccc2)c1. The summed E-state index contributed by atoms with van der Waals surface area (Å²) in [6.45, 7) is -0.830. The zero-order valence-corrected chi connectivity index (χ0v) is 21.3. The van der Waals surface area contributed by atoms with Crippen molar-refractivity contribution < 1.29 is 27.5 Å². The maximum absolute atomic E-state index is 13.3. The first-order valence-corrected chi connectivity index (χ1v) is 12.5. The van der Waals surface area contributed by atoms with E-state index in [1.165, 1.54) is 43.7 Å². The Morgan fingerprint density at radius 3 is 2.44 bits per heavy atom. The van der Waals surface area contributed by atoms with Gasteiger partial charge in [0.25, 0.3) is 15.9 Å². The van der Waals surface area contributed by atoms with Crippen molar-refractivity contribution in [3.05, 3.63) is 88.4 Å². The number of benzene rings is 3. The number of rotatable bonds is 10. The van der Waals surface area contributed by atoms with Crippen LogP contribution >= 0.6 is 23.2 Å². The monoisotopic (exact) mass is 549 g/mol. The van der Waals surface area contributed by atoms with Crippen LogP contribution in [0.25, 0.3) is 0 Å². The molecule has 0 aromatic heterocycles. The number of sulfonamides is 1. The maximum atomic E-state index is 13.3. The third-order valence-electron chi connectivity index (χ3n) is 4.65. The van der Waals surface area contributed by atoms with Gasteiger partial charge in [0.05, 0.1) is 34.0 Å². The molecule has 3 aromatic rings. The van der Waals surface area contributed by atoms with E-state index in [9.17, 15) is 18.0 Å². The van der Waals surface area contributed by atoms with Crippen LogP contribution in [-0.2, 0) is 24.3 Å². The molecule has 0 atom stereocenters. The highest BCUT2D eigenvalue weighted by Gasteiger charge is 2.27. The van der Waals surface area contributed by atoms with Gasteiger partial charge in [0.15, 0.2) is 6.61 Å². The lowest BCUT2D eigenvalue weighted by Gasteiger charge is -2.24. The molecule has 0 spiro atoms. The molecule has 3 aromatic carbocycles. The number of esters is 1. The number of amides is 1. The van der Waals surface area contributed by atoms with Gasteiger partial charge in [-0.05, 0) is 48.0 Å². The Bertz CT molecular complexity index is 1370. The molecule has 0 aliphatic heterocycles. The summed E-state index contributed by atoms with van der Waals surface area (Å²) in [5.74, 6) is -0.830. The molecule has 0 saturated carbocycles. The van der Waals surface area contributed by atoms with E-state index in [1.54, 1.807) is 42.5 Å². The first-order valence-electron chi connectivity index (χ1n) is 10.3. The van der Waals surface area contributed by atoms with E-state index < -0.39 is 28.4 Å². The van der Waals surface area contributed by atoms with Crippen molar-refractivity contribution in [2.24, 2.45) is 5.10 Å². The van der Waals surface area contributed by atoms with Crippen molar-refractivity contribution in [3.63, 3.8) is 0 Å². The van der Waals surface area contributed by atoms with Crippen molar-refractivity contribution in [1.29, 1.82) is 0 Å². The van der Waals surface area contributed by atoms with E-state index in [-0.39, 0.29) is 27.2 Å². The molecule has 0 bridgehead atoms.